The normalized spacial score (nSPS) is 19.1. The van der Waals surface area contributed by atoms with Crippen LogP contribution in [0.4, 0.5) is 26.3 Å². The minimum absolute atomic E-state index is 0. The fourth-order valence-corrected chi connectivity index (χ4v) is 2.57. The molecule has 1 amide bonds. The summed E-state index contributed by atoms with van der Waals surface area (Å²) < 4.78 is 132. The van der Waals surface area contributed by atoms with Gasteiger partial charge in [0.15, 0.2) is 17.5 Å². The summed E-state index contributed by atoms with van der Waals surface area (Å²) in [6.07, 6.45) is -6.28. The van der Waals surface area contributed by atoms with Crippen molar-refractivity contribution >= 4 is 13.8 Å². The number of carbonyl (C=O) groups is 1. The molecule has 3 rings (SSSR count). The van der Waals surface area contributed by atoms with Crippen LogP contribution in [-0.4, -0.2) is 43.4 Å². The first-order chi connectivity index (χ1) is 16.8. The summed E-state index contributed by atoms with van der Waals surface area (Å²) in [5.41, 5.74) is 5.40. The molecule has 1 aliphatic rings. The van der Waals surface area contributed by atoms with Crippen LogP contribution in [-0.2, 0) is 44.2 Å². The zero-order valence-corrected chi connectivity index (χ0v) is 16.9. The maximum Gasteiger partial charge on any atom is 0.496 e. The van der Waals surface area contributed by atoms with Gasteiger partial charge < -0.3 is 15.2 Å². The molecule has 0 saturated heterocycles. The first-order valence-corrected chi connectivity index (χ1v) is 9.61. The largest absolute Gasteiger partial charge is 0.496 e. The van der Waals surface area contributed by atoms with E-state index in [2.05, 4.69) is 14.9 Å². The van der Waals surface area contributed by atoms with E-state index in [0.29, 0.717) is 17.0 Å². The molecule has 10 nitrogen and oxygen atoms in total. The van der Waals surface area contributed by atoms with E-state index in [1.54, 1.807) is 0 Å². The second-order valence-corrected chi connectivity index (χ2v) is 6.92. The standard InChI is InChI=1S/C16H15F6N5O.HO4P.H/c17-10-6-12(19)11(18)4-8(10)3-9(23)5-14(28)26-1-2-27-13(7-26)24-25-15(27)16(20,21)22;1-4-5(2)3;/h4,6,9H,1-3,5,7,23H2;1H;/t9-;;/m1../s1/i1D2,2D2;;. The highest BCUT2D eigenvalue weighted by atomic mass is 31.1. The van der Waals surface area contributed by atoms with Crippen molar-refractivity contribution in [2.75, 3.05) is 6.50 Å². The van der Waals surface area contributed by atoms with Crippen LogP contribution in [0, 0.1) is 17.5 Å². The molecule has 2 aromatic rings. The number of benzene rings is 1. The molecule has 1 atom stereocenters. The van der Waals surface area contributed by atoms with Crippen molar-refractivity contribution in [1.82, 2.24) is 19.7 Å². The summed E-state index contributed by atoms with van der Waals surface area (Å²) in [7, 11) is -3.04. The lowest BCUT2D eigenvalue weighted by Gasteiger charge is -2.29. The number of fused-ring (bicyclic) bond motifs is 1. The van der Waals surface area contributed by atoms with E-state index in [9.17, 15) is 31.1 Å². The molecule has 0 spiro atoms. The van der Waals surface area contributed by atoms with Crippen molar-refractivity contribution in [2.24, 2.45) is 5.73 Å². The van der Waals surface area contributed by atoms with Gasteiger partial charge in [0.25, 0.3) is 0 Å². The van der Waals surface area contributed by atoms with Crippen LogP contribution in [0.3, 0.4) is 0 Å². The molecule has 1 aromatic carbocycles. The molecule has 0 aliphatic carbocycles. The average Bonchev–Trinajstić information content (AvgIpc) is 3.20. The molecular weight excluding hydrogens is 487 g/mol. The first kappa shape index (κ1) is 20.8. The number of alkyl halides is 3. The Hall–Kier alpha value is -2.81. The number of nitrogens with zero attached hydrogens (tertiary/aromatic N) is 4. The first-order valence-electron chi connectivity index (χ1n) is 10.5. The molecule has 1 aliphatic heterocycles. The number of halogens is 6. The molecule has 17 heteroatoms. The lowest BCUT2D eigenvalue weighted by molar-refractivity contribution is -0.148. The Labute approximate surface area is 188 Å². The maximum absolute atomic E-state index is 13.8. The Morgan fingerprint density at radius 1 is 1.24 bits per heavy atom. The summed E-state index contributed by atoms with van der Waals surface area (Å²) >= 11 is 0. The van der Waals surface area contributed by atoms with Crippen LogP contribution in [0.2, 0.25) is 0 Å². The minimum Gasteiger partial charge on any atom is -0.333 e. The summed E-state index contributed by atoms with van der Waals surface area (Å²) in [6, 6.07) is -0.383. The number of hydrogen-bond acceptors (Lipinski definition) is 8. The van der Waals surface area contributed by atoms with Gasteiger partial charge >= 0.3 is 14.1 Å². The number of hydrogen-bond donors (Lipinski definition) is 2. The van der Waals surface area contributed by atoms with Gasteiger partial charge in [0.1, 0.15) is 5.82 Å². The van der Waals surface area contributed by atoms with E-state index in [1.807, 2.05) is 0 Å². The van der Waals surface area contributed by atoms with Crippen LogP contribution in [0.5, 0.6) is 0 Å². The van der Waals surface area contributed by atoms with Crippen molar-refractivity contribution in [3.05, 3.63) is 46.8 Å². The SMILES string of the molecule is O=P(=O)OO.[2H]C1([2H])N(C(=O)C[C@H](N)Cc2cc(F)c(F)cc2F)Cc2nnc(C(F)(F)F)n2C1([2H])[2H].[H]. The predicted molar refractivity (Wildman–Crippen MR) is 96.2 cm³/mol. The van der Waals surface area contributed by atoms with E-state index in [-0.39, 0.29) is 11.6 Å². The zero-order chi connectivity index (χ0) is 28.5. The van der Waals surface area contributed by atoms with Gasteiger partial charge in [-0.05, 0) is 18.1 Å². The second-order valence-electron chi connectivity index (χ2n) is 6.31. The van der Waals surface area contributed by atoms with Gasteiger partial charge in [0, 0.05) is 32.9 Å². The van der Waals surface area contributed by atoms with E-state index < -0.39 is 87.5 Å². The zero-order valence-electron chi connectivity index (χ0n) is 21.0. The van der Waals surface area contributed by atoms with E-state index in [0.717, 1.165) is 0 Å². The molecule has 1 aromatic heterocycles. The van der Waals surface area contributed by atoms with E-state index in [4.69, 9.17) is 25.6 Å². The molecule has 33 heavy (non-hydrogen) atoms. The van der Waals surface area contributed by atoms with Crippen LogP contribution in [0.15, 0.2) is 12.1 Å². The van der Waals surface area contributed by atoms with Crippen molar-refractivity contribution in [3.63, 3.8) is 0 Å². The second kappa shape index (κ2) is 10.9. The molecule has 0 fully saturated rings. The highest BCUT2D eigenvalue weighted by molar-refractivity contribution is 7.24. The molecule has 0 saturated carbocycles. The van der Waals surface area contributed by atoms with Gasteiger partial charge in [0.2, 0.25) is 11.7 Å². The molecule has 3 N–H and O–H groups in total. The van der Waals surface area contributed by atoms with Gasteiger partial charge in [-0.3, -0.25) is 4.79 Å². The molecule has 0 unspecified atom stereocenters. The molecule has 183 valence electrons. The van der Waals surface area contributed by atoms with Gasteiger partial charge in [0.05, 0.1) is 12.0 Å². The van der Waals surface area contributed by atoms with Gasteiger partial charge in [-0.15, -0.1) is 14.9 Å². The maximum atomic E-state index is 13.8. The lowest BCUT2D eigenvalue weighted by Crippen LogP contribution is -2.42. The molecule has 1 radical (unpaired) electrons. The number of aromatic nitrogens is 3. The van der Waals surface area contributed by atoms with Crippen molar-refractivity contribution in [3.8, 4) is 0 Å². The molecule has 0 bridgehead atoms. The van der Waals surface area contributed by atoms with Gasteiger partial charge in [-0.25, -0.2) is 27.6 Å². The lowest BCUT2D eigenvalue weighted by atomic mass is 10.0. The third-order valence-electron chi connectivity index (χ3n) is 3.96. The highest BCUT2D eigenvalue weighted by Gasteiger charge is 2.40. The van der Waals surface area contributed by atoms with E-state index >= 15 is 0 Å². The smallest absolute Gasteiger partial charge is 0.333 e. The number of carbonyl (C=O) groups excluding carboxylic acids is 1. The van der Waals surface area contributed by atoms with Crippen LogP contribution in [0.1, 0.15) is 30.5 Å². The summed E-state index contributed by atoms with van der Waals surface area (Å²) in [6.45, 7) is -7.52. The number of nitrogens with two attached hydrogens (primary N) is 1. The number of amides is 1. The van der Waals surface area contributed by atoms with Gasteiger partial charge in [-0.1, -0.05) is 0 Å². The minimum atomic E-state index is -5.13. The predicted octanol–water partition coefficient (Wildman–Crippen LogP) is 2.69. The third-order valence-corrected chi connectivity index (χ3v) is 4.09. The topological polar surface area (TPSA) is 141 Å². The summed E-state index contributed by atoms with van der Waals surface area (Å²) in [5, 5.41) is 13.2. The van der Waals surface area contributed by atoms with Crippen molar-refractivity contribution < 1.29 is 57.1 Å². The highest BCUT2D eigenvalue weighted by Crippen LogP contribution is 2.29. The Morgan fingerprint density at radius 3 is 2.42 bits per heavy atom. The molecule has 2 heterocycles. The van der Waals surface area contributed by atoms with Crippen LogP contribution >= 0.6 is 7.91 Å². The summed E-state index contributed by atoms with van der Waals surface area (Å²) in [4.78, 5) is 13.0. The average molecular weight is 508 g/mol. The fraction of sp³-hybridized carbons (Fsp3) is 0.438. The van der Waals surface area contributed by atoms with Crippen molar-refractivity contribution in [1.29, 1.82) is 0 Å². The summed E-state index contributed by atoms with van der Waals surface area (Å²) in [5.74, 6) is -7.42. The van der Waals surface area contributed by atoms with Gasteiger partial charge in [-0.2, -0.15) is 13.2 Å². The Morgan fingerprint density at radius 2 is 1.85 bits per heavy atom. The third kappa shape index (κ3) is 7.08. The molecular formula is C16H17F6N5O5P. The monoisotopic (exact) mass is 508 g/mol. The Balaban J connectivity index is 0.00000110. The fourth-order valence-electron chi connectivity index (χ4n) is 2.57. The van der Waals surface area contributed by atoms with Crippen LogP contribution < -0.4 is 5.73 Å². The quantitative estimate of drug-likeness (QED) is 0.207. The Kier molecular flexibility index (Phi) is 6.84. The van der Waals surface area contributed by atoms with E-state index in [1.165, 1.54) is 0 Å². The van der Waals surface area contributed by atoms with Crippen LogP contribution in [0.25, 0.3) is 0 Å². The number of rotatable bonds is 5. The Bertz CT molecular complexity index is 1240. The van der Waals surface area contributed by atoms with Crippen molar-refractivity contribution in [2.45, 2.75) is 38.1 Å².